The van der Waals surface area contributed by atoms with Crippen molar-refractivity contribution in [1.82, 2.24) is 0 Å². The summed E-state index contributed by atoms with van der Waals surface area (Å²) in [7, 11) is -4.67. The zero-order chi connectivity index (χ0) is 11.2. The minimum Gasteiger partial charge on any atom is -0.508 e. The van der Waals surface area contributed by atoms with Crippen molar-refractivity contribution in [2.75, 3.05) is 0 Å². The first-order valence-corrected chi connectivity index (χ1v) is 4.56. The van der Waals surface area contributed by atoms with Crippen molar-refractivity contribution >= 4 is 16.1 Å². The second kappa shape index (κ2) is 5.13. The highest BCUT2D eigenvalue weighted by Gasteiger charge is 1.99. The van der Waals surface area contributed by atoms with E-state index in [1.807, 2.05) is 0 Å². The maximum Gasteiger partial charge on any atom is 0.394 e. The van der Waals surface area contributed by atoms with E-state index in [-0.39, 0.29) is 5.75 Å². The number of benzene rings is 1. The highest BCUT2D eigenvalue weighted by Crippen LogP contribution is 2.15. The molecule has 7 nitrogen and oxygen atoms in total. The number of rotatable bonds is 0. The summed E-state index contributed by atoms with van der Waals surface area (Å²) < 4.78 is 31.6. The van der Waals surface area contributed by atoms with E-state index in [0.29, 0.717) is 5.69 Å². The van der Waals surface area contributed by atoms with Gasteiger partial charge in [-0.25, -0.2) is 0 Å². The van der Waals surface area contributed by atoms with E-state index in [0.717, 1.165) is 0 Å². The van der Waals surface area contributed by atoms with Crippen molar-refractivity contribution in [2.24, 2.45) is 0 Å². The molecular weight excluding hydrogens is 212 g/mol. The Kier molecular flexibility index (Phi) is 4.51. The molecule has 1 rings (SSSR count). The van der Waals surface area contributed by atoms with Crippen LogP contribution in [0.15, 0.2) is 24.3 Å². The minimum absolute atomic E-state index is 0.169. The lowest BCUT2D eigenvalue weighted by Gasteiger charge is -1.81. The fourth-order valence-electron chi connectivity index (χ4n) is 0.519. The Hall–Kier alpha value is -1.69. The molecule has 3 N–H and O–H groups in total. The predicted octanol–water partition coefficient (Wildman–Crippen LogP) is 1.22. The van der Waals surface area contributed by atoms with Crippen LogP contribution < -0.4 is 0 Å². The van der Waals surface area contributed by atoms with E-state index in [2.05, 4.69) is 4.98 Å². The monoisotopic (exact) mass is 219 g/mol. The molecule has 0 amide bonds. The first-order chi connectivity index (χ1) is 6.33. The van der Waals surface area contributed by atoms with E-state index >= 15 is 0 Å². The number of nitrogens with zero attached hydrogens (tertiary/aromatic N) is 2. The van der Waals surface area contributed by atoms with Gasteiger partial charge in [-0.3, -0.25) is 9.11 Å². The number of hydrogen-bond donors (Lipinski definition) is 3. The first kappa shape index (κ1) is 12.3. The van der Waals surface area contributed by atoms with Crippen LogP contribution in [0.5, 0.6) is 5.75 Å². The van der Waals surface area contributed by atoms with Gasteiger partial charge in [0.2, 0.25) is 5.39 Å². The summed E-state index contributed by atoms with van der Waals surface area (Å²) in [6, 6.07) is 5.93. The molecule has 1 aromatic carbocycles. The molecule has 14 heavy (non-hydrogen) atoms. The molecule has 0 unspecified atom stereocenters. The van der Waals surface area contributed by atoms with Gasteiger partial charge in [0.25, 0.3) is 0 Å². The molecule has 0 saturated heterocycles. The molecule has 0 bridgehead atoms. The largest absolute Gasteiger partial charge is 0.508 e. The Bertz CT molecular complexity index is 411. The van der Waals surface area contributed by atoms with Gasteiger partial charge >= 0.3 is 16.1 Å². The summed E-state index contributed by atoms with van der Waals surface area (Å²) in [6.07, 6.45) is 0. The maximum atomic E-state index is 8.74. The van der Waals surface area contributed by atoms with Crippen molar-refractivity contribution in [3.63, 3.8) is 0 Å². The highest BCUT2D eigenvalue weighted by molar-refractivity contribution is 7.79. The smallest absolute Gasteiger partial charge is 0.394 e. The third-order valence-electron chi connectivity index (χ3n) is 0.965. The van der Waals surface area contributed by atoms with Crippen LogP contribution in [0, 0.1) is 5.39 Å². The average molecular weight is 219 g/mol. The molecule has 0 heterocycles. The summed E-state index contributed by atoms with van der Waals surface area (Å²) in [5, 5.41) is 16.9. The number of phenols is 1. The Morgan fingerprint density at radius 2 is 1.50 bits per heavy atom. The van der Waals surface area contributed by atoms with E-state index in [4.69, 9.17) is 28.0 Å². The topological polar surface area (TPSA) is 123 Å². The Labute approximate surface area is 79.8 Å². The third-order valence-corrected chi connectivity index (χ3v) is 0.965. The zero-order valence-corrected chi connectivity index (χ0v) is 7.59. The van der Waals surface area contributed by atoms with E-state index < -0.39 is 10.4 Å². The van der Waals surface area contributed by atoms with Crippen molar-refractivity contribution < 1.29 is 22.6 Å². The van der Waals surface area contributed by atoms with Crippen LogP contribution >= 0.6 is 0 Å². The van der Waals surface area contributed by atoms with Crippen LogP contribution in [0.25, 0.3) is 4.98 Å². The summed E-state index contributed by atoms with van der Waals surface area (Å²) in [6.45, 7) is 0. The first-order valence-electron chi connectivity index (χ1n) is 3.17. The molecule has 0 spiro atoms. The lowest BCUT2D eigenvalue weighted by molar-refractivity contribution is 0.381. The number of aromatic hydroxyl groups is 1. The fraction of sp³-hybridized carbons (Fsp3) is 0. The predicted molar refractivity (Wildman–Crippen MR) is 47.0 cm³/mol. The average Bonchev–Trinajstić information content (AvgIpc) is 2.03. The number of hydrogen-bond acceptors (Lipinski definition) is 4. The quantitative estimate of drug-likeness (QED) is 0.445. The molecule has 0 fully saturated rings. The molecule has 0 atom stereocenters. The molecule has 1 aromatic rings. The van der Waals surface area contributed by atoms with E-state index in [9.17, 15) is 0 Å². The summed E-state index contributed by atoms with van der Waals surface area (Å²) in [5.41, 5.74) is 0.438. The second-order valence-electron chi connectivity index (χ2n) is 2.06. The van der Waals surface area contributed by atoms with Gasteiger partial charge in [-0.05, 0) is 12.1 Å². The van der Waals surface area contributed by atoms with Crippen molar-refractivity contribution in [2.45, 2.75) is 0 Å². The summed E-state index contributed by atoms with van der Waals surface area (Å²) >= 11 is 0. The molecule has 0 radical (unpaired) electrons. The van der Waals surface area contributed by atoms with E-state index in [1.54, 1.807) is 0 Å². The van der Waals surface area contributed by atoms with Gasteiger partial charge < -0.3 is 5.11 Å². The Morgan fingerprint density at radius 3 is 1.79 bits per heavy atom. The van der Waals surface area contributed by atoms with Crippen LogP contribution in [0.3, 0.4) is 0 Å². The van der Waals surface area contributed by atoms with Gasteiger partial charge in [-0.2, -0.15) is 8.42 Å². The van der Waals surface area contributed by atoms with Crippen LogP contribution in [-0.2, 0) is 10.4 Å². The van der Waals surface area contributed by atoms with Gasteiger partial charge in [0, 0.05) is 12.1 Å². The maximum absolute atomic E-state index is 8.74. The van der Waals surface area contributed by atoms with Crippen molar-refractivity contribution in [1.29, 1.82) is 5.39 Å². The normalized spacial score (nSPS) is 9.50. The van der Waals surface area contributed by atoms with Gasteiger partial charge in [0.15, 0.2) is 4.98 Å². The minimum atomic E-state index is -4.67. The molecule has 0 saturated carbocycles. The molecule has 76 valence electrons. The highest BCUT2D eigenvalue weighted by atomic mass is 32.3. The second-order valence-corrected chi connectivity index (χ2v) is 2.96. The van der Waals surface area contributed by atoms with Gasteiger partial charge in [-0.15, -0.1) is 0 Å². The molecule has 0 aliphatic heterocycles. The number of phenolic OH excluding ortho intramolecular Hbond substituents is 1. The van der Waals surface area contributed by atoms with E-state index in [1.165, 1.54) is 24.3 Å². The van der Waals surface area contributed by atoms with Gasteiger partial charge in [0.05, 0.1) is 0 Å². The fourth-order valence-corrected chi connectivity index (χ4v) is 0.519. The number of diazo groups is 1. The molecule has 0 aliphatic carbocycles. The van der Waals surface area contributed by atoms with Crippen LogP contribution in [0.1, 0.15) is 0 Å². The Balaban J connectivity index is 0.000000292. The van der Waals surface area contributed by atoms with Crippen LogP contribution in [-0.4, -0.2) is 22.6 Å². The molecule has 0 aromatic heterocycles. The summed E-state index contributed by atoms with van der Waals surface area (Å²) in [4.78, 5) is 2.90. The lowest BCUT2D eigenvalue weighted by atomic mass is 10.3. The molecular formula is C6H7N2O5S+. The van der Waals surface area contributed by atoms with Crippen LogP contribution in [0.2, 0.25) is 0 Å². The lowest BCUT2D eigenvalue weighted by Crippen LogP contribution is -1.89. The summed E-state index contributed by atoms with van der Waals surface area (Å²) in [5.74, 6) is 0.169. The van der Waals surface area contributed by atoms with Crippen molar-refractivity contribution in [3.8, 4) is 5.75 Å². The van der Waals surface area contributed by atoms with Gasteiger partial charge in [0.1, 0.15) is 5.75 Å². The SMILES string of the molecule is N#[N+]c1ccc(O)cc1.O=S(=O)(O)O. The van der Waals surface area contributed by atoms with Crippen LogP contribution in [0.4, 0.5) is 5.69 Å². The molecule has 8 heteroatoms. The Morgan fingerprint density at radius 1 is 1.14 bits per heavy atom. The third kappa shape index (κ3) is 8.41. The zero-order valence-electron chi connectivity index (χ0n) is 6.77. The van der Waals surface area contributed by atoms with Crippen molar-refractivity contribution in [3.05, 3.63) is 29.2 Å². The standard InChI is InChI=1S/C6H4N2O.H2O4S/c7-8-5-1-3-6(9)4-2-5;1-5(2,3)4/h1-4H;(H2,1,2,3,4)/p+1. The molecule has 0 aliphatic rings. The van der Waals surface area contributed by atoms with Gasteiger partial charge in [-0.1, -0.05) is 0 Å².